The molecule has 7 nitrogen and oxygen atoms in total. The van der Waals surface area contributed by atoms with Crippen molar-refractivity contribution in [2.24, 2.45) is 7.05 Å². The smallest absolute Gasteiger partial charge is 0.229 e. The molecule has 1 saturated heterocycles. The molecular formula is C20H27ClFN7. The van der Waals surface area contributed by atoms with Crippen molar-refractivity contribution in [3.05, 3.63) is 41.8 Å². The maximum absolute atomic E-state index is 13.1. The molecule has 4 rings (SSSR count). The predicted octanol–water partition coefficient (Wildman–Crippen LogP) is 3.07. The molecule has 0 saturated carbocycles. The van der Waals surface area contributed by atoms with Gasteiger partial charge in [0.05, 0.1) is 11.6 Å². The number of anilines is 2. The second kappa shape index (κ2) is 9.37. The van der Waals surface area contributed by atoms with Crippen LogP contribution in [-0.4, -0.2) is 57.4 Å². The van der Waals surface area contributed by atoms with Crippen molar-refractivity contribution in [3.8, 4) is 0 Å². The first-order valence-corrected chi connectivity index (χ1v) is 9.79. The Bertz CT molecular complexity index is 936. The number of nitrogens with one attached hydrogen (secondary N) is 1. The van der Waals surface area contributed by atoms with Crippen LogP contribution in [0.25, 0.3) is 11.0 Å². The molecular weight excluding hydrogens is 393 g/mol. The van der Waals surface area contributed by atoms with Gasteiger partial charge >= 0.3 is 0 Å². The second-order valence-corrected chi connectivity index (χ2v) is 7.19. The Kier molecular flexibility index (Phi) is 6.87. The van der Waals surface area contributed by atoms with Gasteiger partial charge in [-0.2, -0.15) is 15.1 Å². The average Bonchev–Trinajstić information content (AvgIpc) is 3.09. The Hall–Kier alpha value is -2.45. The highest BCUT2D eigenvalue weighted by Gasteiger charge is 2.21. The summed E-state index contributed by atoms with van der Waals surface area (Å²) >= 11 is 0. The normalized spacial score (nSPS) is 14.8. The minimum atomic E-state index is -0.232. The summed E-state index contributed by atoms with van der Waals surface area (Å²) in [6.07, 6.45) is 2.96. The van der Waals surface area contributed by atoms with Crippen LogP contribution in [0, 0.1) is 5.82 Å². The fourth-order valence-electron chi connectivity index (χ4n) is 3.56. The molecule has 1 aliphatic heterocycles. The molecule has 1 N–H and O–H groups in total. The fourth-order valence-corrected chi connectivity index (χ4v) is 3.56. The van der Waals surface area contributed by atoms with Gasteiger partial charge in [0, 0.05) is 39.8 Å². The summed E-state index contributed by atoms with van der Waals surface area (Å²) in [6.45, 7) is 7.80. The van der Waals surface area contributed by atoms with Gasteiger partial charge in [0.25, 0.3) is 0 Å². The van der Waals surface area contributed by atoms with Crippen molar-refractivity contribution in [2.75, 3.05) is 42.9 Å². The van der Waals surface area contributed by atoms with Crippen LogP contribution in [0.2, 0.25) is 0 Å². The van der Waals surface area contributed by atoms with Crippen LogP contribution in [0.15, 0.2) is 30.5 Å². The number of piperazine rings is 1. The van der Waals surface area contributed by atoms with Crippen molar-refractivity contribution >= 4 is 35.2 Å². The van der Waals surface area contributed by atoms with E-state index in [9.17, 15) is 4.39 Å². The minimum absolute atomic E-state index is 0. The first kappa shape index (κ1) is 21.3. The lowest BCUT2D eigenvalue weighted by atomic mass is 10.2. The maximum atomic E-state index is 13.1. The maximum Gasteiger partial charge on any atom is 0.229 e. The number of rotatable bonds is 6. The Labute approximate surface area is 176 Å². The van der Waals surface area contributed by atoms with Gasteiger partial charge in [-0.3, -0.25) is 9.58 Å². The number of fused-ring (bicyclic) bond motifs is 1. The number of hydrogen-bond acceptors (Lipinski definition) is 6. The highest BCUT2D eigenvalue weighted by Crippen LogP contribution is 2.24. The van der Waals surface area contributed by atoms with Crippen LogP contribution in [-0.2, 0) is 13.6 Å². The van der Waals surface area contributed by atoms with Gasteiger partial charge in [-0.1, -0.05) is 19.1 Å². The van der Waals surface area contributed by atoms with Gasteiger partial charge < -0.3 is 10.2 Å². The molecule has 0 aliphatic carbocycles. The summed E-state index contributed by atoms with van der Waals surface area (Å²) in [4.78, 5) is 14.3. The van der Waals surface area contributed by atoms with Crippen LogP contribution in [0.1, 0.15) is 18.9 Å². The molecule has 3 heterocycles. The molecule has 29 heavy (non-hydrogen) atoms. The van der Waals surface area contributed by atoms with Crippen molar-refractivity contribution in [1.82, 2.24) is 24.6 Å². The Balaban J connectivity index is 0.00000240. The van der Waals surface area contributed by atoms with E-state index >= 15 is 0 Å². The zero-order valence-corrected chi connectivity index (χ0v) is 17.6. The number of benzene rings is 1. The van der Waals surface area contributed by atoms with Crippen LogP contribution in [0.3, 0.4) is 0 Å². The van der Waals surface area contributed by atoms with Gasteiger partial charge in [-0.25, -0.2) is 4.39 Å². The zero-order valence-electron chi connectivity index (χ0n) is 16.8. The molecule has 2 aromatic heterocycles. The summed E-state index contributed by atoms with van der Waals surface area (Å²) < 4.78 is 14.9. The third kappa shape index (κ3) is 4.76. The number of halogens is 2. The lowest BCUT2D eigenvalue weighted by Crippen LogP contribution is -2.47. The van der Waals surface area contributed by atoms with Gasteiger partial charge in [0.1, 0.15) is 11.6 Å². The van der Waals surface area contributed by atoms with Crippen molar-refractivity contribution in [2.45, 2.75) is 19.9 Å². The quantitative estimate of drug-likeness (QED) is 0.662. The average molecular weight is 420 g/mol. The van der Waals surface area contributed by atoms with E-state index in [0.717, 1.165) is 61.1 Å². The fraction of sp³-hybridized carbons (Fsp3) is 0.450. The first-order valence-electron chi connectivity index (χ1n) is 9.79. The van der Waals surface area contributed by atoms with Crippen molar-refractivity contribution in [1.29, 1.82) is 0 Å². The molecule has 0 spiro atoms. The van der Waals surface area contributed by atoms with Gasteiger partial charge in [0.2, 0.25) is 5.95 Å². The number of hydrogen-bond donors (Lipinski definition) is 1. The Morgan fingerprint density at radius 1 is 1.07 bits per heavy atom. The van der Waals surface area contributed by atoms with E-state index in [1.54, 1.807) is 23.0 Å². The monoisotopic (exact) mass is 419 g/mol. The first-order chi connectivity index (χ1) is 13.6. The summed E-state index contributed by atoms with van der Waals surface area (Å²) in [5.41, 5.74) is 1.80. The molecule has 1 fully saturated rings. The summed E-state index contributed by atoms with van der Waals surface area (Å²) in [5.74, 6) is 1.26. The summed E-state index contributed by atoms with van der Waals surface area (Å²) in [7, 11) is 1.89. The van der Waals surface area contributed by atoms with Crippen LogP contribution >= 0.6 is 12.4 Å². The van der Waals surface area contributed by atoms with Crippen molar-refractivity contribution < 1.29 is 4.39 Å². The third-order valence-electron chi connectivity index (χ3n) is 5.15. The van der Waals surface area contributed by atoms with Gasteiger partial charge in [-0.05, 0) is 30.7 Å². The highest BCUT2D eigenvalue weighted by molar-refractivity contribution is 5.87. The molecule has 0 amide bonds. The third-order valence-corrected chi connectivity index (χ3v) is 5.15. The molecule has 156 valence electrons. The topological polar surface area (TPSA) is 62.1 Å². The minimum Gasteiger partial charge on any atom is -0.365 e. The largest absolute Gasteiger partial charge is 0.365 e. The van der Waals surface area contributed by atoms with E-state index in [1.807, 2.05) is 7.05 Å². The van der Waals surface area contributed by atoms with Crippen molar-refractivity contribution in [3.63, 3.8) is 0 Å². The van der Waals surface area contributed by atoms with E-state index in [2.05, 4.69) is 27.1 Å². The van der Waals surface area contributed by atoms with Gasteiger partial charge in [-0.15, -0.1) is 12.4 Å². The molecule has 0 unspecified atom stereocenters. The van der Waals surface area contributed by atoms with Crippen LogP contribution in [0.5, 0.6) is 0 Å². The lowest BCUT2D eigenvalue weighted by Gasteiger charge is -2.34. The van der Waals surface area contributed by atoms with Crippen LogP contribution < -0.4 is 10.2 Å². The van der Waals surface area contributed by atoms with E-state index in [0.29, 0.717) is 6.54 Å². The Morgan fingerprint density at radius 2 is 1.79 bits per heavy atom. The molecule has 0 atom stereocenters. The molecule has 1 aromatic carbocycles. The molecule has 0 bridgehead atoms. The summed E-state index contributed by atoms with van der Waals surface area (Å²) in [5, 5.41) is 8.61. The number of nitrogens with zero attached hydrogens (tertiary/aromatic N) is 6. The standard InChI is InChI=1S/C20H26FN7.ClH/c1-3-8-27-9-11-28(12-10-27)20-24-18(17-14-23-26(2)19(17)25-20)22-13-15-4-6-16(21)7-5-15;/h4-7,14H,3,8-13H2,1-2H3,(H,22,24,25);1H. The zero-order chi connectivity index (χ0) is 19.5. The van der Waals surface area contributed by atoms with E-state index in [-0.39, 0.29) is 18.2 Å². The second-order valence-electron chi connectivity index (χ2n) is 7.19. The SMILES string of the molecule is CCCN1CCN(c2nc(NCc3ccc(F)cc3)c3cnn(C)c3n2)CC1.Cl. The van der Waals surface area contributed by atoms with E-state index < -0.39 is 0 Å². The van der Waals surface area contributed by atoms with Crippen LogP contribution in [0.4, 0.5) is 16.2 Å². The number of aromatic nitrogens is 4. The molecule has 1 aliphatic rings. The molecule has 3 aromatic rings. The lowest BCUT2D eigenvalue weighted by molar-refractivity contribution is 0.257. The number of aryl methyl sites for hydroxylation is 1. The van der Waals surface area contributed by atoms with Gasteiger partial charge in [0.15, 0.2) is 5.65 Å². The molecule has 9 heteroatoms. The highest BCUT2D eigenvalue weighted by atomic mass is 35.5. The summed E-state index contributed by atoms with van der Waals surface area (Å²) in [6, 6.07) is 6.49. The molecule has 0 radical (unpaired) electrons. The van der Waals surface area contributed by atoms with E-state index in [1.165, 1.54) is 18.6 Å². The van der Waals surface area contributed by atoms with E-state index in [4.69, 9.17) is 9.97 Å². The predicted molar refractivity (Wildman–Crippen MR) is 116 cm³/mol. The Morgan fingerprint density at radius 3 is 2.48 bits per heavy atom.